The molecule has 1 aromatic carbocycles. The SMILES string of the molecule is CC(C)(C)n1ccc(C2C(c3ccccn3)NC(=S)N2c2ccc(N3CCOCC3)cc2)c1. The van der Waals surface area contributed by atoms with Gasteiger partial charge in [0.15, 0.2) is 5.11 Å². The fourth-order valence-corrected chi connectivity index (χ4v) is 4.97. The number of pyridine rings is 1. The maximum atomic E-state index is 5.87. The summed E-state index contributed by atoms with van der Waals surface area (Å²) in [5.41, 5.74) is 4.51. The summed E-state index contributed by atoms with van der Waals surface area (Å²) in [5.74, 6) is 0. The van der Waals surface area contributed by atoms with Gasteiger partial charge in [-0.2, -0.15) is 0 Å². The normalized spacial score (nSPS) is 21.4. The van der Waals surface area contributed by atoms with Crippen LogP contribution in [0.5, 0.6) is 0 Å². The fourth-order valence-electron chi connectivity index (χ4n) is 4.62. The molecule has 3 aromatic rings. The van der Waals surface area contributed by atoms with Crippen LogP contribution in [-0.2, 0) is 10.3 Å². The first-order chi connectivity index (χ1) is 15.9. The minimum Gasteiger partial charge on any atom is -0.378 e. The van der Waals surface area contributed by atoms with Gasteiger partial charge in [-0.3, -0.25) is 4.98 Å². The van der Waals surface area contributed by atoms with Crippen LogP contribution in [0.15, 0.2) is 67.1 Å². The van der Waals surface area contributed by atoms with Crippen molar-refractivity contribution in [2.24, 2.45) is 0 Å². The number of hydrogen-bond acceptors (Lipinski definition) is 4. The highest BCUT2D eigenvalue weighted by atomic mass is 32.1. The summed E-state index contributed by atoms with van der Waals surface area (Å²) in [4.78, 5) is 9.26. The monoisotopic (exact) mass is 461 g/mol. The van der Waals surface area contributed by atoms with E-state index in [9.17, 15) is 0 Å². The van der Waals surface area contributed by atoms with E-state index < -0.39 is 0 Å². The molecule has 0 aliphatic carbocycles. The molecule has 0 radical (unpaired) electrons. The first-order valence-electron chi connectivity index (χ1n) is 11.5. The molecule has 7 heteroatoms. The molecule has 2 saturated heterocycles. The summed E-state index contributed by atoms with van der Waals surface area (Å²) >= 11 is 5.87. The molecule has 33 heavy (non-hydrogen) atoms. The summed E-state index contributed by atoms with van der Waals surface area (Å²) in [5, 5.41) is 4.27. The Kier molecular flexibility index (Phi) is 5.85. The van der Waals surface area contributed by atoms with E-state index in [2.05, 4.69) is 94.2 Å². The van der Waals surface area contributed by atoms with Crippen molar-refractivity contribution >= 4 is 28.7 Å². The quantitative estimate of drug-likeness (QED) is 0.571. The van der Waals surface area contributed by atoms with Crippen LogP contribution in [0.3, 0.4) is 0 Å². The van der Waals surface area contributed by atoms with Crippen LogP contribution in [0, 0.1) is 0 Å². The first kappa shape index (κ1) is 21.9. The van der Waals surface area contributed by atoms with Gasteiger partial charge in [-0.1, -0.05) is 6.07 Å². The topological polar surface area (TPSA) is 45.6 Å². The summed E-state index contributed by atoms with van der Waals surface area (Å²) in [6.07, 6.45) is 6.24. The van der Waals surface area contributed by atoms with Crippen LogP contribution in [0.25, 0.3) is 0 Å². The Morgan fingerprint density at radius 2 is 1.73 bits per heavy atom. The Labute approximate surface area is 201 Å². The van der Waals surface area contributed by atoms with Gasteiger partial charge < -0.3 is 24.4 Å². The Balaban J connectivity index is 1.51. The zero-order valence-corrected chi connectivity index (χ0v) is 20.3. The number of hydrogen-bond donors (Lipinski definition) is 1. The molecule has 0 bridgehead atoms. The second-order valence-corrected chi connectivity index (χ2v) is 10.0. The van der Waals surface area contributed by atoms with E-state index in [1.165, 1.54) is 11.3 Å². The number of nitrogens with one attached hydrogen (secondary N) is 1. The summed E-state index contributed by atoms with van der Waals surface area (Å²) in [7, 11) is 0. The number of ether oxygens (including phenoxy) is 1. The second kappa shape index (κ2) is 8.80. The Hall–Kier alpha value is -2.90. The van der Waals surface area contributed by atoms with Crippen LogP contribution in [0.4, 0.5) is 11.4 Å². The maximum absolute atomic E-state index is 5.87. The Bertz CT molecular complexity index is 1100. The second-order valence-electron chi connectivity index (χ2n) is 9.64. The highest BCUT2D eigenvalue weighted by Crippen LogP contribution is 2.42. The number of morpholine rings is 1. The van der Waals surface area contributed by atoms with Gasteiger partial charge in [0.2, 0.25) is 0 Å². The molecule has 2 aliphatic rings. The number of benzene rings is 1. The summed E-state index contributed by atoms with van der Waals surface area (Å²) in [6.45, 7) is 10.1. The van der Waals surface area contributed by atoms with Gasteiger partial charge in [-0.15, -0.1) is 0 Å². The molecule has 6 nitrogen and oxygen atoms in total. The molecule has 172 valence electrons. The summed E-state index contributed by atoms with van der Waals surface area (Å²) < 4.78 is 7.76. The number of rotatable bonds is 4. The van der Waals surface area contributed by atoms with Gasteiger partial charge in [0.25, 0.3) is 0 Å². The van der Waals surface area contributed by atoms with Crippen molar-refractivity contribution in [3.63, 3.8) is 0 Å². The Morgan fingerprint density at radius 3 is 2.36 bits per heavy atom. The van der Waals surface area contributed by atoms with Gasteiger partial charge in [0, 0.05) is 48.6 Å². The molecule has 2 aliphatic heterocycles. The molecule has 2 atom stereocenters. The molecule has 0 amide bonds. The average Bonchev–Trinajstić information content (AvgIpc) is 3.45. The van der Waals surface area contributed by atoms with Gasteiger partial charge in [-0.05, 0) is 81.0 Å². The predicted octanol–water partition coefficient (Wildman–Crippen LogP) is 4.65. The van der Waals surface area contributed by atoms with Crippen molar-refractivity contribution in [2.45, 2.75) is 38.4 Å². The standard InChI is InChI=1S/C26H31N5OS/c1-26(2,3)30-13-11-19(18-30)24-23(22-6-4-5-12-27-22)28-25(33)31(24)21-9-7-20(8-10-21)29-14-16-32-17-15-29/h4-13,18,23-24H,14-17H2,1-3H3,(H,28,33). The van der Waals surface area contributed by atoms with Crippen molar-refractivity contribution < 1.29 is 4.74 Å². The van der Waals surface area contributed by atoms with E-state index in [1.807, 2.05) is 18.3 Å². The Morgan fingerprint density at radius 1 is 1.00 bits per heavy atom. The third kappa shape index (κ3) is 4.35. The van der Waals surface area contributed by atoms with E-state index >= 15 is 0 Å². The van der Waals surface area contributed by atoms with Crippen molar-refractivity contribution in [1.29, 1.82) is 0 Å². The molecule has 0 spiro atoms. The number of thiocarbonyl (C=S) groups is 1. The smallest absolute Gasteiger partial charge is 0.174 e. The molecular formula is C26H31N5OS. The molecule has 2 fully saturated rings. The lowest BCUT2D eigenvalue weighted by Gasteiger charge is -2.30. The molecule has 1 N–H and O–H groups in total. The van der Waals surface area contributed by atoms with E-state index in [0.29, 0.717) is 0 Å². The molecule has 0 saturated carbocycles. The lowest BCUT2D eigenvalue weighted by atomic mass is 9.98. The molecule has 4 heterocycles. The minimum absolute atomic E-state index is 0.00485. The number of nitrogens with zero attached hydrogens (tertiary/aromatic N) is 4. The van der Waals surface area contributed by atoms with Gasteiger partial charge in [0.1, 0.15) is 0 Å². The highest BCUT2D eigenvalue weighted by molar-refractivity contribution is 7.80. The zero-order chi connectivity index (χ0) is 23.0. The third-order valence-corrected chi connectivity index (χ3v) is 6.75. The van der Waals surface area contributed by atoms with Crippen LogP contribution in [-0.4, -0.2) is 41.0 Å². The van der Waals surface area contributed by atoms with Gasteiger partial charge >= 0.3 is 0 Å². The fraction of sp³-hybridized carbons (Fsp3) is 0.385. The molecule has 2 aromatic heterocycles. The van der Waals surface area contributed by atoms with E-state index in [0.717, 1.165) is 42.8 Å². The zero-order valence-electron chi connectivity index (χ0n) is 19.4. The van der Waals surface area contributed by atoms with Crippen LogP contribution >= 0.6 is 12.2 Å². The first-order valence-corrected chi connectivity index (χ1v) is 11.9. The summed E-state index contributed by atoms with van der Waals surface area (Å²) in [6, 6.07) is 17.0. The highest BCUT2D eigenvalue weighted by Gasteiger charge is 2.41. The lowest BCUT2D eigenvalue weighted by Crippen LogP contribution is -2.36. The van der Waals surface area contributed by atoms with Crippen LogP contribution < -0.4 is 15.1 Å². The van der Waals surface area contributed by atoms with E-state index in [1.54, 1.807) is 0 Å². The van der Waals surface area contributed by atoms with Gasteiger partial charge in [0.05, 0.1) is 31.0 Å². The largest absolute Gasteiger partial charge is 0.378 e. The van der Waals surface area contributed by atoms with Crippen molar-refractivity contribution in [2.75, 3.05) is 36.1 Å². The van der Waals surface area contributed by atoms with Crippen molar-refractivity contribution in [1.82, 2.24) is 14.9 Å². The minimum atomic E-state index is -0.0339. The van der Waals surface area contributed by atoms with Crippen molar-refractivity contribution in [3.8, 4) is 0 Å². The molecule has 5 rings (SSSR count). The molecular weight excluding hydrogens is 430 g/mol. The van der Waals surface area contributed by atoms with Crippen molar-refractivity contribution in [3.05, 3.63) is 78.4 Å². The van der Waals surface area contributed by atoms with E-state index in [4.69, 9.17) is 17.0 Å². The molecule has 2 unspecified atom stereocenters. The maximum Gasteiger partial charge on any atom is 0.174 e. The third-order valence-electron chi connectivity index (χ3n) is 6.43. The lowest BCUT2D eigenvalue weighted by molar-refractivity contribution is 0.122. The van der Waals surface area contributed by atoms with Crippen LogP contribution in [0.1, 0.15) is 44.1 Å². The van der Waals surface area contributed by atoms with Gasteiger partial charge in [-0.25, -0.2) is 0 Å². The van der Waals surface area contributed by atoms with E-state index in [-0.39, 0.29) is 17.6 Å². The number of aromatic nitrogens is 2. The number of anilines is 2. The van der Waals surface area contributed by atoms with Crippen LogP contribution in [0.2, 0.25) is 0 Å². The average molecular weight is 462 g/mol. The predicted molar refractivity (Wildman–Crippen MR) is 137 cm³/mol.